The number of para-hydroxylation sites is 1. The summed E-state index contributed by atoms with van der Waals surface area (Å²) in [4.78, 5) is 37.9. The van der Waals surface area contributed by atoms with Crippen LogP contribution in [0, 0.1) is 5.82 Å². The van der Waals surface area contributed by atoms with Gasteiger partial charge in [-0.25, -0.2) is 9.37 Å². The van der Waals surface area contributed by atoms with Gasteiger partial charge in [0, 0.05) is 63.3 Å². The monoisotopic (exact) mass is 503 g/mol. The lowest BCUT2D eigenvalue weighted by Crippen LogP contribution is -2.50. The zero-order valence-corrected chi connectivity index (χ0v) is 20.8. The zero-order chi connectivity index (χ0) is 25.8. The van der Waals surface area contributed by atoms with Gasteiger partial charge in [0.25, 0.3) is 5.91 Å². The Morgan fingerprint density at radius 2 is 1.76 bits per heavy atom. The topological polar surface area (TPSA) is 85.7 Å². The average molecular weight is 504 g/mol. The van der Waals surface area contributed by atoms with Crippen molar-refractivity contribution in [2.45, 2.75) is 26.4 Å². The number of amides is 2. The molecule has 9 heteroatoms. The third kappa shape index (κ3) is 5.89. The van der Waals surface area contributed by atoms with Crippen LogP contribution in [0.4, 0.5) is 4.39 Å². The molecule has 0 radical (unpaired) electrons. The Morgan fingerprint density at radius 1 is 1.03 bits per heavy atom. The van der Waals surface area contributed by atoms with Crippen molar-refractivity contribution in [1.82, 2.24) is 24.7 Å². The van der Waals surface area contributed by atoms with Gasteiger partial charge in [-0.2, -0.15) is 0 Å². The van der Waals surface area contributed by atoms with Crippen LogP contribution in [-0.2, 0) is 24.3 Å². The molecule has 1 aliphatic heterocycles. The van der Waals surface area contributed by atoms with Crippen molar-refractivity contribution in [2.75, 3.05) is 32.7 Å². The lowest BCUT2D eigenvalue weighted by molar-refractivity contribution is -0.130. The third-order valence-corrected chi connectivity index (χ3v) is 6.83. The largest absolute Gasteiger partial charge is 0.447 e. The van der Waals surface area contributed by atoms with Gasteiger partial charge in [-0.15, -0.1) is 0 Å². The number of halogens is 1. The van der Waals surface area contributed by atoms with Gasteiger partial charge in [-0.05, 0) is 35.7 Å². The van der Waals surface area contributed by atoms with Crippen molar-refractivity contribution in [1.29, 1.82) is 0 Å². The van der Waals surface area contributed by atoms with E-state index in [9.17, 15) is 14.0 Å². The number of hydrogen-bond acceptors (Lipinski definition) is 5. The van der Waals surface area contributed by atoms with Gasteiger partial charge in [-0.1, -0.05) is 30.3 Å². The molecule has 0 atom stereocenters. The van der Waals surface area contributed by atoms with Gasteiger partial charge in [0.2, 0.25) is 11.8 Å². The van der Waals surface area contributed by atoms with Crippen molar-refractivity contribution < 1.29 is 18.4 Å². The molecule has 0 unspecified atom stereocenters. The number of oxazole rings is 1. The highest BCUT2D eigenvalue weighted by atomic mass is 19.1. The standard InChI is InChI=1S/C28H30FN5O3/c1-20(35)33-12-14-34(15-13-33)28(36)26-19-37-27(31-26)18-32(17-21-6-8-23(29)9-7-21)11-10-22-16-30-25-5-3-2-4-24(22)25/h2-9,16,19,30H,10-15,17-18H2,1H3. The molecular weight excluding hydrogens is 473 g/mol. The molecule has 2 aromatic carbocycles. The van der Waals surface area contributed by atoms with Crippen LogP contribution in [0.3, 0.4) is 0 Å². The Labute approximate surface area is 214 Å². The Bertz CT molecular complexity index is 1370. The summed E-state index contributed by atoms with van der Waals surface area (Å²) in [7, 11) is 0. The predicted octanol–water partition coefficient (Wildman–Crippen LogP) is 3.84. The average Bonchev–Trinajstić information content (AvgIpc) is 3.55. The molecule has 4 aromatic rings. The molecule has 192 valence electrons. The van der Waals surface area contributed by atoms with E-state index >= 15 is 0 Å². The number of H-pyrrole nitrogens is 1. The summed E-state index contributed by atoms with van der Waals surface area (Å²) in [5, 5.41) is 1.19. The Kier molecular flexibility index (Phi) is 7.32. The summed E-state index contributed by atoms with van der Waals surface area (Å²) in [5.74, 6) is 0.00706. The smallest absolute Gasteiger partial charge is 0.275 e. The molecule has 0 saturated carbocycles. The first-order valence-corrected chi connectivity index (χ1v) is 12.5. The van der Waals surface area contributed by atoms with Crippen molar-refractivity contribution in [3.63, 3.8) is 0 Å². The summed E-state index contributed by atoms with van der Waals surface area (Å²) in [6.07, 6.45) is 4.25. The zero-order valence-electron chi connectivity index (χ0n) is 20.8. The minimum atomic E-state index is -0.269. The van der Waals surface area contributed by atoms with Crippen LogP contribution in [0.25, 0.3) is 10.9 Å². The maximum Gasteiger partial charge on any atom is 0.275 e. The quantitative estimate of drug-likeness (QED) is 0.395. The van der Waals surface area contributed by atoms with Gasteiger partial charge in [0.15, 0.2) is 5.69 Å². The lowest BCUT2D eigenvalue weighted by atomic mass is 10.1. The number of nitrogens with zero attached hydrogens (tertiary/aromatic N) is 4. The van der Waals surface area contributed by atoms with E-state index in [1.165, 1.54) is 36.3 Å². The fraction of sp³-hybridized carbons (Fsp3) is 0.321. The molecule has 2 amide bonds. The van der Waals surface area contributed by atoms with Crippen molar-refractivity contribution in [2.24, 2.45) is 0 Å². The highest BCUT2D eigenvalue weighted by Gasteiger charge is 2.25. The van der Waals surface area contributed by atoms with Gasteiger partial charge >= 0.3 is 0 Å². The summed E-state index contributed by atoms with van der Waals surface area (Å²) < 4.78 is 19.1. The molecule has 2 aromatic heterocycles. The molecule has 0 spiro atoms. The van der Waals surface area contributed by atoms with Crippen LogP contribution >= 0.6 is 0 Å². The number of rotatable bonds is 8. The van der Waals surface area contributed by atoms with E-state index in [1.54, 1.807) is 21.9 Å². The fourth-order valence-corrected chi connectivity index (χ4v) is 4.74. The van der Waals surface area contributed by atoms with E-state index in [-0.39, 0.29) is 23.3 Å². The first kappa shape index (κ1) is 24.7. The minimum Gasteiger partial charge on any atom is -0.447 e. The van der Waals surface area contributed by atoms with Crippen LogP contribution in [-0.4, -0.2) is 69.2 Å². The van der Waals surface area contributed by atoms with Gasteiger partial charge in [0.05, 0.1) is 6.54 Å². The Balaban J connectivity index is 1.27. The van der Waals surface area contributed by atoms with Crippen LogP contribution in [0.1, 0.15) is 34.4 Å². The first-order valence-electron chi connectivity index (χ1n) is 12.5. The molecule has 1 fully saturated rings. The number of carbonyl (C=O) groups is 2. The summed E-state index contributed by atoms with van der Waals surface area (Å²) in [6.45, 7) is 5.24. The van der Waals surface area contributed by atoms with E-state index in [0.717, 1.165) is 24.0 Å². The molecule has 5 rings (SSSR count). The van der Waals surface area contributed by atoms with Crippen molar-refractivity contribution >= 4 is 22.7 Å². The van der Waals surface area contributed by atoms with Gasteiger partial charge in [-0.3, -0.25) is 14.5 Å². The molecule has 0 bridgehead atoms. The molecular formula is C28H30FN5O3. The Hall–Kier alpha value is -3.98. The van der Waals surface area contributed by atoms with E-state index in [1.807, 2.05) is 18.3 Å². The Morgan fingerprint density at radius 3 is 2.51 bits per heavy atom. The SMILES string of the molecule is CC(=O)N1CCN(C(=O)c2coc(CN(CCc3c[nH]c4ccccc34)Cc3ccc(F)cc3)n2)CC1. The number of hydrogen-bond donors (Lipinski definition) is 1. The maximum atomic E-state index is 13.4. The first-order chi connectivity index (χ1) is 18.0. The number of aromatic nitrogens is 2. The fourth-order valence-electron chi connectivity index (χ4n) is 4.74. The molecule has 0 aliphatic carbocycles. The van der Waals surface area contributed by atoms with Crippen LogP contribution in [0.15, 0.2) is 65.4 Å². The molecule has 1 aliphatic rings. The summed E-state index contributed by atoms with van der Waals surface area (Å²) >= 11 is 0. The summed E-state index contributed by atoms with van der Waals surface area (Å²) in [6, 6.07) is 14.7. The second-order valence-corrected chi connectivity index (χ2v) is 9.37. The second kappa shape index (κ2) is 11.0. The highest BCUT2D eigenvalue weighted by Crippen LogP contribution is 2.20. The number of piperazine rings is 1. The molecule has 37 heavy (non-hydrogen) atoms. The van der Waals surface area contributed by atoms with Crippen LogP contribution in [0.5, 0.6) is 0 Å². The molecule has 1 N–H and O–H groups in total. The van der Waals surface area contributed by atoms with Gasteiger partial charge < -0.3 is 19.2 Å². The number of benzene rings is 2. The second-order valence-electron chi connectivity index (χ2n) is 9.37. The van der Waals surface area contributed by atoms with Crippen LogP contribution < -0.4 is 0 Å². The predicted molar refractivity (Wildman–Crippen MR) is 137 cm³/mol. The number of nitrogens with one attached hydrogen (secondary N) is 1. The normalized spacial score (nSPS) is 14.0. The molecule has 3 heterocycles. The molecule has 1 saturated heterocycles. The number of carbonyl (C=O) groups excluding carboxylic acids is 2. The van der Waals surface area contributed by atoms with Crippen LogP contribution in [0.2, 0.25) is 0 Å². The van der Waals surface area contributed by atoms with E-state index in [2.05, 4.69) is 27.0 Å². The number of fused-ring (bicyclic) bond motifs is 1. The lowest BCUT2D eigenvalue weighted by Gasteiger charge is -2.33. The summed E-state index contributed by atoms with van der Waals surface area (Å²) in [5.41, 5.74) is 3.56. The van der Waals surface area contributed by atoms with Crippen molar-refractivity contribution in [3.05, 3.63) is 89.5 Å². The maximum absolute atomic E-state index is 13.4. The van der Waals surface area contributed by atoms with E-state index in [4.69, 9.17) is 4.42 Å². The van der Waals surface area contributed by atoms with E-state index in [0.29, 0.717) is 45.2 Å². The minimum absolute atomic E-state index is 0.0182. The van der Waals surface area contributed by atoms with Gasteiger partial charge in [0.1, 0.15) is 12.1 Å². The number of aromatic amines is 1. The van der Waals surface area contributed by atoms with Crippen molar-refractivity contribution in [3.8, 4) is 0 Å². The highest BCUT2D eigenvalue weighted by molar-refractivity contribution is 5.92. The third-order valence-electron chi connectivity index (χ3n) is 6.83. The van der Waals surface area contributed by atoms with E-state index < -0.39 is 0 Å². The molecule has 8 nitrogen and oxygen atoms in total.